The molecule has 0 radical (unpaired) electrons. The zero-order valence-electron chi connectivity index (χ0n) is 18.7. The van der Waals surface area contributed by atoms with E-state index in [1.54, 1.807) is 22.8 Å². The summed E-state index contributed by atoms with van der Waals surface area (Å²) < 4.78 is 7.62. The number of imide groups is 1. The van der Waals surface area contributed by atoms with Gasteiger partial charge in [-0.2, -0.15) is 0 Å². The molecular weight excluding hydrogens is 466 g/mol. The highest BCUT2D eigenvalue weighted by atomic mass is 16.6. The molecule has 0 bridgehead atoms. The van der Waals surface area contributed by atoms with E-state index >= 15 is 0 Å². The third-order valence-corrected chi connectivity index (χ3v) is 7.41. The van der Waals surface area contributed by atoms with Crippen molar-refractivity contribution in [2.75, 3.05) is 6.61 Å². The summed E-state index contributed by atoms with van der Waals surface area (Å²) in [5.41, 5.74) is 2.89. The lowest BCUT2D eigenvalue weighted by molar-refractivity contribution is -0.249. The van der Waals surface area contributed by atoms with E-state index in [1.165, 1.54) is 0 Å². The first-order valence-electron chi connectivity index (χ1n) is 11.6. The summed E-state index contributed by atoms with van der Waals surface area (Å²) in [6.07, 6.45) is -6.99. The molecule has 2 aromatic heterocycles. The molecule has 2 aliphatic heterocycles. The van der Waals surface area contributed by atoms with Crippen molar-refractivity contribution in [3.05, 3.63) is 59.7 Å². The topological polar surface area (TPSA) is 157 Å². The number of aromatic amines is 1. The van der Waals surface area contributed by atoms with Gasteiger partial charge in [0.15, 0.2) is 6.23 Å². The quantitative estimate of drug-likeness (QED) is 0.205. The van der Waals surface area contributed by atoms with Crippen molar-refractivity contribution in [2.24, 2.45) is 0 Å². The van der Waals surface area contributed by atoms with Gasteiger partial charge in [0.1, 0.15) is 24.4 Å². The number of carbonyl (C=O) groups excluding carboxylic acids is 2. The summed E-state index contributed by atoms with van der Waals surface area (Å²) >= 11 is 0. The molecule has 7 rings (SSSR count). The second kappa shape index (κ2) is 7.36. The van der Waals surface area contributed by atoms with Crippen LogP contribution in [0.5, 0.6) is 0 Å². The predicted octanol–water partition coefficient (Wildman–Crippen LogP) is 1.28. The summed E-state index contributed by atoms with van der Waals surface area (Å²) in [7, 11) is 0. The summed E-state index contributed by atoms with van der Waals surface area (Å²) in [5, 5.41) is 46.6. The molecule has 0 saturated carbocycles. The first kappa shape index (κ1) is 21.5. The number of carbonyl (C=O) groups is 2. The Morgan fingerprint density at radius 1 is 0.833 bits per heavy atom. The third kappa shape index (κ3) is 2.56. The van der Waals surface area contributed by atoms with E-state index in [2.05, 4.69) is 10.3 Å². The molecule has 6 N–H and O–H groups in total. The minimum atomic E-state index is -1.59. The average molecular weight is 487 g/mol. The Morgan fingerprint density at radius 3 is 2.25 bits per heavy atom. The van der Waals surface area contributed by atoms with Crippen molar-refractivity contribution < 1.29 is 34.8 Å². The first-order valence-corrected chi connectivity index (χ1v) is 11.6. The molecule has 0 spiro atoms. The molecule has 2 amide bonds. The van der Waals surface area contributed by atoms with Crippen LogP contribution in [-0.4, -0.2) is 72.8 Å². The number of aromatic nitrogens is 2. The van der Waals surface area contributed by atoms with Crippen LogP contribution in [0.15, 0.2) is 48.5 Å². The first-order chi connectivity index (χ1) is 17.4. The zero-order chi connectivity index (χ0) is 24.9. The van der Waals surface area contributed by atoms with Crippen LogP contribution >= 0.6 is 0 Å². The van der Waals surface area contributed by atoms with Crippen molar-refractivity contribution in [3.8, 4) is 0 Å². The lowest BCUT2D eigenvalue weighted by Gasteiger charge is -2.41. The van der Waals surface area contributed by atoms with Crippen LogP contribution in [0.4, 0.5) is 0 Å². The van der Waals surface area contributed by atoms with Crippen LogP contribution in [0, 0.1) is 0 Å². The van der Waals surface area contributed by atoms with E-state index in [4.69, 9.17) is 4.74 Å². The standard InChI is InChI=1S/C26H21N3O7/c30-9-14-21(31)22(32)23(33)26(36-14)29-13-8-4-2-6-11(13)16-18-17(24(34)28-25(18)35)15-10-5-1-3-7-12(10)27-19(15)20(16)29/h1-8,14,21-23,26-27,30-33H,9H2,(H,28,34,35)/t14-,21-,22+,23-,26?/m1/s1. The molecule has 1 unspecified atom stereocenters. The minimum absolute atomic E-state index is 0.229. The van der Waals surface area contributed by atoms with E-state index in [9.17, 15) is 30.0 Å². The number of hydrogen-bond acceptors (Lipinski definition) is 7. The molecule has 36 heavy (non-hydrogen) atoms. The van der Waals surface area contributed by atoms with Gasteiger partial charge in [0.25, 0.3) is 11.8 Å². The Morgan fingerprint density at radius 2 is 1.50 bits per heavy atom. The van der Waals surface area contributed by atoms with Gasteiger partial charge in [-0.05, 0) is 12.1 Å². The number of hydrogen-bond donors (Lipinski definition) is 6. The number of para-hydroxylation sites is 2. The Labute approximate surface area is 202 Å². The monoisotopic (exact) mass is 487 g/mol. The van der Waals surface area contributed by atoms with E-state index < -0.39 is 49.1 Å². The molecule has 5 atom stereocenters. The van der Waals surface area contributed by atoms with Gasteiger partial charge >= 0.3 is 0 Å². The third-order valence-electron chi connectivity index (χ3n) is 7.41. The molecule has 2 aliphatic rings. The summed E-state index contributed by atoms with van der Waals surface area (Å²) in [6, 6.07) is 14.6. The number of H-pyrrole nitrogens is 1. The Kier molecular flexibility index (Phi) is 4.39. The van der Waals surface area contributed by atoms with E-state index in [1.807, 2.05) is 30.3 Å². The molecule has 4 heterocycles. The minimum Gasteiger partial charge on any atom is -0.394 e. The van der Waals surface area contributed by atoms with Gasteiger partial charge < -0.3 is 34.7 Å². The number of aliphatic hydroxyl groups excluding tert-OH is 4. The average Bonchev–Trinajstić information content (AvgIpc) is 3.52. The summed E-state index contributed by atoms with van der Waals surface area (Å²) in [4.78, 5) is 29.5. The fourth-order valence-corrected chi connectivity index (χ4v) is 5.83. The highest BCUT2D eigenvalue weighted by molar-refractivity contribution is 6.39. The fraction of sp³-hybridized carbons (Fsp3) is 0.231. The van der Waals surface area contributed by atoms with Crippen LogP contribution < -0.4 is 5.32 Å². The van der Waals surface area contributed by atoms with Gasteiger partial charge in [0, 0.05) is 27.1 Å². The maximum atomic E-state index is 13.1. The highest BCUT2D eigenvalue weighted by Crippen LogP contribution is 2.45. The van der Waals surface area contributed by atoms with Crippen LogP contribution in [-0.2, 0) is 4.74 Å². The predicted molar refractivity (Wildman–Crippen MR) is 130 cm³/mol. The second-order valence-corrected chi connectivity index (χ2v) is 9.28. The number of benzene rings is 3. The van der Waals surface area contributed by atoms with Gasteiger partial charge in [0.2, 0.25) is 0 Å². The number of aliphatic hydroxyl groups is 4. The van der Waals surface area contributed by atoms with Crippen molar-refractivity contribution in [1.29, 1.82) is 0 Å². The van der Waals surface area contributed by atoms with Gasteiger partial charge in [-0.3, -0.25) is 14.9 Å². The Balaban J connectivity index is 1.70. The second-order valence-electron chi connectivity index (χ2n) is 9.28. The van der Waals surface area contributed by atoms with Gasteiger partial charge in [0.05, 0.1) is 34.3 Å². The van der Waals surface area contributed by atoms with Crippen LogP contribution in [0.2, 0.25) is 0 Å². The zero-order valence-corrected chi connectivity index (χ0v) is 18.7. The van der Waals surface area contributed by atoms with Crippen molar-refractivity contribution in [3.63, 3.8) is 0 Å². The van der Waals surface area contributed by atoms with Gasteiger partial charge in [-0.15, -0.1) is 0 Å². The number of nitrogens with zero attached hydrogens (tertiary/aromatic N) is 1. The van der Waals surface area contributed by atoms with Crippen LogP contribution in [0.25, 0.3) is 43.6 Å². The largest absolute Gasteiger partial charge is 0.394 e. The smallest absolute Gasteiger partial charge is 0.259 e. The molecule has 10 nitrogen and oxygen atoms in total. The molecule has 10 heteroatoms. The molecular formula is C26H21N3O7. The SMILES string of the molecule is O=C1NC(=O)c2c1c1c3ccccc3[nH]c1c1c2c2ccccc2n1C1O[C@H](CO)[C@@H](O)[C@H](O)[C@H]1O. The van der Waals surface area contributed by atoms with E-state index in [-0.39, 0.29) is 11.1 Å². The summed E-state index contributed by atoms with van der Waals surface area (Å²) in [6.45, 7) is -0.577. The molecule has 5 aromatic rings. The molecule has 0 aliphatic carbocycles. The van der Waals surface area contributed by atoms with Crippen LogP contribution in [0.3, 0.4) is 0 Å². The van der Waals surface area contributed by atoms with E-state index in [0.717, 1.165) is 10.9 Å². The van der Waals surface area contributed by atoms with E-state index in [0.29, 0.717) is 32.7 Å². The number of fused-ring (bicyclic) bond motifs is 10. The number of rotatable bonds is 2. The normalized spacial score (nSPS) is 26.4. The molecule has 1 fully saturated rings. The molecule has 1 saturated heterocycles. The summed E-state index contributed by atoms with van der Waals surface area (Å²) in [5.74, 6) is -1.01. The van der Waals surface area contributed by atoms with Crippen molar-refractivity contribution in [1.82, 2.24) is 14.9 Å². The molecule has 3 aromatic carbocycles. The number of ether oxygens (including phenoxy) is 1. The number of nitrogens with one attached hydrogen (secondary N) is 2. The fourth-order valence-electron chi connectivity index (χ4n) is 5.83. The maximum Gasteiger partial charge on any atom is 0.259 e. The highest BCUT2D eigenvalue weighted by Gasteiger charge is 2.46. The Hall–Kier alpha value is -3.80. The number of amides is 2. The lowest BCUT2D eigenvalue weighted by atomic mass is 9.96. The van der Waals surface area contributed by atoms with Crippen LogP contribution in [0.1, 0.15) is 26.9 Å². The maximum absolute atomic E-state index is 13.1. The van der Waals surface area contributed by atoms with Gasteiger partial charge in [-0.1, -0.05) is 36.4 Å². The Bertz CT molecular complexity index is 1750. The van der Waals surface area contributed by atoms with Crippen molar-refractivity contribution in [2.45, 2.75) is 30.6 Å². The molecule has 182 valence electrons. The van der Waals surface area contributed by atoms with Gasteiger partial charge in [-0.25, -0.2) is 0 Å². The lowest BCUT2D eigenvalue weighted by Crippen LogP contribution is -2.56. The van der Waals surface area contributed by atoms with Crippen molar-refractivity contribution >= 4 is 55.4 Å².